The van der Waals surface area contributed by atoms with Crippen molar-refractivity contribution >= 4 is 5.97 Å². The van der Waals surface area contributed by atoms with Crippen LogP contribution in [0, 0.1) is 0 Å². The fourth-order valence-corrected chi connectivity index (χ4v) is 1.61. The van der Waals surface area contributed by atoms with E-state index in [1.807, 2.05) is 30.3 Å². The second kappa shape index (κ2) is 4.61. The van der Waals surface area contributed by atoms with Gasteiger partial charge in [0.1, 0.15) is 0 Å². The fourth-order valence-electron chi connectivity index (χ4n) is 1.61. The number of nitrogens with one attached hydrogen (secondary N) is 1. The maximum atomic E-state index is 10.6. The zero-order chi connectivity index (χ0) is 11.4. The van der Waals surface area contributed by atoms with Crippen molar-refractivity contribution in [1.29, 1.82) is 0 Å². The Hall–Kier alpha value is -2.10. The fraction of sp³-hybridized carbons (Fsp3) is 0.167. The average Bonchev–Trinajstić information content (AvgIpc) is 2.66. The molecule has 0 atom stereocenters. The molecule has 0 radical (unpaired) electrons. The van der Waals surface area contributed by atoms with Gasteiger partial charge in [-0.15, -0.1) is 0 Å². The summed E-state index contributed by atoms with van der Waals surface area (Å²) in [5.74, 6) is -0.837. The van der Waals surface area contributed by atoms with Crippen molar-refractivity contribution in [3.63, 3.8) is 0 Å². The van der Waals surface area contributed by atoms with E-state index in [1.165, 1.54) is 0 Å². The van der Waals surface area contributed by atoms with E-state index in [1.54, 1.807) is 6.20 Å². The molecule has 82 valence electrons. The highest BCUT2D eigenvalue weighted by atomic mass is 16.4. The molecular weight excluding hydrogens is 204 g/mol. The number of H-pyrrole nitrogens is 1. The van der Waals surface area contributed by atoms with Gasteiger partial charge in [-0.2, -0.15) is 5.10 Å². The molecule has 0 unspecified atom stereocenters. The van der Waals surface area contributed by atoms with Crippen molar-refractivity contribution in [3.8, 4) is 0 Å². The normalized spacial score (nSPS) is 10.2. The predicted molar refractivity (Wildman–Crippen MR) is 59.2 cm³/mol. The topological polar surface area (TPSA) is 66.0 Å². The van der Waals surface area contributed by atoms with Crippen molar-refractivity contribution in [2.75, 3.05) is 0 Å². The summed E-state index contributed by atoms with van der Waals surface area (Å²) < 4.78 is 0. The number of hydrogen-bond donors (Lipinski definition) is 2. The summed E-state index contributed by atoms with van der Waals surface area (Å²) >= 11 is 0. The number of rotatable bonds is 4. The van der Waals surface area contributed by atoms with Crippen LogP contribution in [0.4, 0.5) is 0 Å². The highest BCUT2D eigenvalue weighted by Gasteiger charge is 2.09. The van der Waals surface area contributed by atoms with Crippen molar-refractivity contribution < 1.29 is 9.90 Å². The lowest BCUT2D eigenvalue weighted by Crippen LogP contribution is -2.02. The molecule has 2 N–H and O–H groups in total. The van der Waals surface area contributed by atoms with Gasteiger partial charge in [0.2, 0.25) is 0 Å². The lowest BCUT2D eigenvalue weighted by Gasteiger charge is -2.01. The lowest BCUT2D eigenvalue weighted by molar-refractivity contribution is -0.136. The van der Waals surface area contributed by atoms with Gasteiger partial charge in [-0.05, 0) is 5.56 Å². The maximum absolute atomic E-state index is 10.6. The van der Waals surface area contributed by atoms with Crippen LogP contribution in [-0.4, -0.2) is 21.3 Å². The number of benzene rings is 1. The first-order valence-electron chi connectivity index (χ1n) is 5.02. The Morgan fingerprint density at radius 1 is 1.31 bits per heavy atom. The molecule has 0 saturated carbocycles. The molecule has 4 nitrogen and oxygen atoms in total. The van der Waals surface area contributed by atoms with Crippen LogP contribution < -0.4 is 0 Å². The van der Waals surface area contributed by atoms with E-state index < -0.39 is 5.97 Å². The molecule has 1 aromatic carbocycles. The van der Waals surface area contributed by atoms with Gasteiger partial charge in [-0.25, -0.2) is 0 Å². The highest BCUT2D eigenvalue weighted by molar-refractivity contribution is 5.70. The van der Waals surface area contributed by atoms with Gasteiger partial charge in [-0.1, -0.05) is 30.3 Å². The Morgan fingerprint density at radius 3 is 2.75 bits per heavy atom. The molecule has 0 bridgehead atoms. The van der Waals surface area contributed by atoms with E-state index in [0.717, 1.165) is 16.8 Å². The molecular formula is C12H12N2O2. The number of aromatic nitrogens is 2. The minimum Gasteiger partial charge on any atom is -0.481 e. The van der Waals surface area contributed by atoms with Gasteiger partial charge in [0, 0.05) is 17.7 Å². The number of carboxylic acids is 1. The number of aliphatic carboxylic acids is 1. The van der Waals surface area contributed by atoms with E-state index in [-0.39, 0.29) is 6.42 Å². The largest absolute Gasteiger partial charge is 0.481 e. The first-order valence-corrected chi connectivity index (χ1v) is 5.02. The molecule has 0 amide bonds. The Bertz CT molecular complexity index is 477. The summed E-state index contributed by atoms with van der Waals surface area (Å²) in [5, 5.41) is 15.5. The van der Waals surface area contributed by atoms with Gasteiger partial charge in [0.05, 0.1) is 12.6 Å². The SMILES string of the molecule is O=C(O)Cc1cn[nH]c1Cc1ccccc1. The van der Waals surface area contributed by atoms with E-state index >= 15 is 0 Å². The van der Waals surface area contributed by atoms with Crippen LogP contribution in [0.5, 0.6) is 0 Å². The third-order valence-electron chi connectivity index (χ3n) is 2.37. The van der Waals surface area contributed by atoms with Gasteiger partial charge in [0.25, 0.3) is 0 Å². The molecule has 0 spiro atoms. The predicted octanol–water partition coefficient (Wildman–Crippen LogP) is 1.63. The van der Waals surface area contributed by atoms with Crippen LogP contribution in [0.3, 0.4) is 0 Å². The zero-order valence-corrected chi connectivity index (χ0v) is 8.68. The summed E-state index contributed by atoms with van der Waals surface area (Å²) in [4.78, 5) is 10.6. The van der Waals surface area contributed by atoms with Crippen molar-refractivity contribution in [2.24, 2.45) is 0 Å². The Balaban J connectivity index is 2.16. The Kier molecular flexibility index (Phi) is 3.00. The summed E-state index contributed by atoms with van der Waals surface area (Å²) in [5.41, 5.74) is 2.75. The molecule has 16 heavy (non-hydrogen) atoms. The van der Waals surface area contributed by atoms with Gasteiger partial charge >= 0.3 is 5.97 Å². The van der Waals surface area contributed by atoms with Crippen LogP contribution in [0.15, 0.2) is 36.5 Å². The molecule has 1 aromatic heterocycles. The number of aromatic amines is 1. The molecule has 0 fully saturated rings. The summed E-state index contributed by atoms with van der Waals surface area (Å²) in [7, 11) is 0. The number of hydrogen-bond acceptors (Lipinski definition) is 2. The van der Waals surface area contributed by atoms with Crippen LogP contribution in [0.2, 0.25) is 0 Å². The highest BCUT2D eigenvalue weighted by Crippen LogP contribution is 2.11. The monoisotopic (exact) mass is 216 g/mol. The molecule has 4 heteroatoms. The van der Waals surface area contributed by atoms with Crippen LogP contribution >= 0.6 is 0 Å². The third-order valence-corrected chi connectivity index (χ3v) is 2.37. The zero-order valence-electron chi connectivity index (χ0n) is 8.68. The molecule has 2 aromatic rings. The molecule has 2 rings (SSSR count). The molecule has 0 saturated heterocycles. The number of nitrogens with zero attached hydrogens (tertiary/aromatic N) is 1. The lowest BCUT2D eigenvalue weighted by atomic mass is 10.1. The summed E-state index contributed by atoms with van der Waals surface area (Å²) in [6.07, 6.45) is 2.27. The summed E-state index contributed by atoms with van der Waals surface area (Å²) in [6, 6.07) is 9.89. The van der Waals surface area contributed by atoms with Gasteiger partial charge in [-0.3, -0.25) is 9.89 Å². The average molecular weight is 216 g/mol. The third kappa shape index (κ3) is 2.48. The minimum absolute atomic E-state index is 0.0126. The molecule has 0 aliphatic carbocycles. The Morgan fingerprint density at radius 2 is 2.06 bits per heavy atom. The van der Waals surface area contributed by atoms with Crippen molar-refractivity contribution in [1.82, 2.24) is 10.2 Å². The van der Waals surface area contributed by atoms with Crippen LogP contribution in [0.1, 0.15) is 16.8 Å². The van der Waals surface area contributed by atoms with E-state index in [4.69, 9.17) is 5.11 Å². The van der Waals surface area contributed by atoms with Crippen LogP contribution in [-0.2, 0) is 17.6 Å². The van der Waals surface area contributed by atoms with Gasteiger partial charge < -0.3 is 5.11 Å². The van der Waals surface area contributed by atoms with E-state index in [2.05, 4.69) is 10.2 Å². The van der Waals surface area contributed by atoms with Crippen molar-refractivity contribution in [2.45, 2.75) is 12.8 Å². The minimum atomic E-state index is -0.837. The number of carboxylic acid groups (broad SMARTS) is 1. The first-order chi connectivity index (χ1) is 7.75. The Labute approximate surface area is 92.9 Å². The molecule has 0 aliphatic heterocycles. The second-order valence-electron chi connectivity index (χ2n) is 3.61. The molecule has 1 heterocycles. The standard InChI is InChI=1S/C12H12N2O2/c15-12(16)7-10-8-13-14-11(10)6-9-4-2-1-3-5-9/h1-5,8H,6-7H2,(H,13,14)(H,15,16). The number of carbonyl (C=O) groups is 1. The van der Waals surface area contributed by atoms with E-state index in [9.17, 15) is 4.79 Å². The maximum Gasteiger partial charge on any atom is 0.307 e. The van der Waals surface area contributed by atoms with Crippen LogP contribution in [0.25, 0.3) is 0 Å². The summed E-state index contributed by atoms with van der Waals surface area (Å²) in [6.45, 7) is 0. The first kappa shape index (κ1) is 10.4. The second-order valence-corrected chi connectivity index (χ2v) is 3.61. The van der Waals surface area contributed by atoms with E-state index in [0.29, 0.717) is 6.42 Å². The van der Waals surface area contributed by atoms with Gasteiger partial charge in [0.15, 0.2) is 0 Å². The quantitative estimate of drug-likeness (QED) is 0.816. The molecule has 0 aliphatic rings. The van der Waals surface area contributed by atoms with Crippen molar-refractivity contribution in [3.05, 3.63) is 53.3 Å². The smallest absolute Gasteiger partial charge is 0.307 e.